The Kier molecular flexibility index (Phi) is 7.70. The fourth-order valence-corrected chi connectivity index (χ4v) is 4.08. The first-order valence-electron chi connectivity index (χ1n) is 11.8. The smallest absolute Gasteiger partial charge is 0.166 e. The largest absolute Gasteiger partial charge is 0.206 e. The van der Waals surface area contributed by atoms with Gasteiger partial charge in [-0.25, -0.2) is 13.2 Å². The van der Waals surface area contributed by atoms with Crippen LogP contribution in [0.2, 0.25) is 0 Å². The first-order valence-corrected chi connectivity index (χ1v) is 11.8. The highest BCUT2D eigenvalue weighted by Gasteiger charge is 2.07. The van der Waals surface area contributed by atoms with Crippen molar-refractivity contribution in [2.45, 2.75) is 45.4 Å². The minimum absolute atomic E-state index is 0.198. The predicted molar refractivity (Wildman–Crippen MR) is 134 cm³/mol. The fourth-order valence-electron chi connectivity index (χ4n) is 4.08. The van der Waals surface area contributed by atoms with E-state index in [2.05, 4.69) is 30.9 Å². The van der Waals surface area contributed by atoms with Crippen LogP contribution in [0.25, 0.3) is 21.9 Å². The van der Waals surface area contributed by atoms with Gasteiger partial charge in [0, 0.05) is 10.9 Å². The maximum absolute atomic E-state index is 14.7. The highest BCUT2D eigenvalue weighted by Crippen LogP contribution is 2.24. The van der Waals surface area contributed by atoms with E-state index in [1.807, 2.05) is 18.2 Å². The Morgan fingerprint density at radius 3 is 2.18 bits per heavy atom. The quantitative estimate of drug-likeness (QED) is 0.192. The molecule has 34 heavy (non-hydrogen) atoms. The number of halogens is 3. The lowest BCUT2D eigenvalue weighted by Crippen LogP contribution is -1.89. The minimum Gasteiger partial charge on any atom is -0.206 e. The molecule has 0 fully saturated rings. The van der Waals surface area contributed by atoms with E-state index >= 15 is 0 Å². The van der Waals surface area contributed by atoms with Gasteiger partial charge in [0.15, 0.2) is 11.6 Å². The van der Waals surface area contributed by atoms with Crippen LogP contribution in [0, 0.1) is 29.3 Å². The van der Waals surface area contributed by atoms with Crippen LogP contribution in [-0.2, 0) is 6.42 Å². The second kappa shape index (κ2) is 11.1. The summed E-state index contributed by atoms with van der Waals surface area (Å²) in [6.45, 7) is 2.22. The standard InChI is InChI=1S/C31H27F3/c1-2-3-4-5-6-7-22-8-12-24(13-9-22)26-16-15-25(30(33)21-26)14-10-23-11-18-28-27(20-23)17-19-29(32)31(28)34/h8-9,11-13,15-21H,2-7H2,1H3. The van der Waals surface area contributed by atoms with Gasteiger partial charge in [-0.3, -0.25) is 0 Å². The lowest BCUT2D eigenvalue weighted by Gasteiger charge is -2.06. The Morgan fingerprint density at radius 2 is 1.41 bits per heavy atom. The average Bonchev–Trinajstić information content (AvgIpc) is 2.86. The van der Waals surface area contributed by atoms with Gasteiger partial charge in [0.1, 0.15) is 5.82 Å². The summed E-state index contributed by atoms with van der Waals surface area (Å²) in [7, 11) is 0. The van der Waals surface area contributed by atoms with E-state index in [1.165, 1.54) is 55.9 Å². The molecule has 0 heterocycles. The van der Waals surface area contributed by atoms with Crippen molar-refractivity contribution in [2.24, 2.45) is 0 Å². The van der Waals surface area contributed by atoms with E-state index < -0.39 is 11.6 Å². The van der Waals surface area contributed by atoms with Gasteiger partial charge < -0.3 is 0 Å². The summed E-state index contributed by atoms with van der Waals surface area (Å²) < 4.78 is 42.0. The molecule has 0 saturated heterocycles. The third-order valence-electron chi connectivity index (χ3n) is 6.07. The van der Waals surface area contributed by atoms with Crippen molar-refractivity contribution in [3.05, 3.63) is 107 Å². The number of aryl methyl sites for hydroxylation is 1. The van der Waals surface area contributed by atoms with Crippen LogP contribution in [-0.4, -0.2) is 0 Å². The maximum Gasteiger partial charge on any atom is 0.166 e. The van der Waals surface area contributed by atoms with Gasteiger partial charge in [0.05, 0.1) is 5.56 Å². The molecule has 172 valence electrons. The molecule has 0 aliphatic heterocycles. The fraction of sp³-hybridized carbons (Fsp3) is 0.226. The first-order chi connectivity index (χ1) is 16.5. The number of fused-ring (bicyclic) bond motifs is 1. The van der Waals surface area contributed by atoms with Crippen molar-refractivity contribution in [1.29, 1.82) is 0 Å². The molecular weight excluding hydrogens is 429 g/mol. The zero-order valence-corrected chi connectivity index (χ0v) is 19.3. The molecule has 0 nitrogen and oxygen atoms in total. The third-order valence-corrected chi connectivity index (χ3v) is 6.07. The summed E-state index contributed by atoms with van der Waals surface area (Å²) in [5.74, 6) is 3.62. The molecule has 0 bridgehead atoms. The Balaban J connectivity index is 1.45. The first kappa shape index (κ1) is 23.6. The van der Waals surface area contributed by atoms with Gasteiger partial charge in [0.2, 0.25) is 0 Å². The van der Waals surface area contributed by atoms with Crippen molar-refractivity contribution in [1.82, 2.24) is 0 Å². The van der Waals surface area contributed by atoms with E-state index in [-0.39, 0.29) is 16.8 Å². The van der Waals surface area contributed by atoms with Gasteiger partial charge in [0.25, 0.3) is 0 Å². The SMILES string of the molecule is CCCCCCCc1ccc(-c2ccc(C#Cc3ccc4c(F)c(F)ccc4c3)c(F)c2)cc1. The van der Waals surface area contributed by atoms with Crippen LogP contribution >= 0.6 is 0 Å². The third kappa shape index (κ3) is 5.69. The van der Waals surface area contributed by atoms with E-state index in [1.54, 1.807) is 18.2 Å². The summed E-state index contributed by atoms with van der Waals surface area (Å²) in [4.78, 5) is 0. The van der Waals surface area contributed by atoms with Crippen molar-refractivity contribution in [2.75, 3.05) is 0 Å². The second-order valence-electron chi connectivity index (χ2n) is 8.60. The van der Waals surface area contributed by atoms with Crippen molar-refractivity contribution in [3.63, 3.8) is 0 Å². The molecule has 0 aliphatic carbocycles. The van der Waals surface area contributed by atoms with Crippen LogP contribution < -0.4 is 0 Å². The molecule has 0 aromatic heterocycles. The Hall–Kier alpha value is -3.51. The molecule has 0 spiro atoms. The molecule has 3 heteroatoms. The van der Waals surface area contributed by atoms with Gasteiger partial charge in [-0.2, -0.15) is 0 Å². The Bertz CT molecular complexity index is 1340. The zero-order valence-electron chi connectivity index (χ0n) is 19.3. The Morgan fingerprint density at radius 1 is 0.647 bits per heavy atom. The number of hydrogen-bond acceptors (Lipinski definition) is 0. The van der Waals surface area contributed by atoms with Crippen LogP contribution in [0.4, 0.5) is 13.2 Å². The van der Waals surface area contributed by atoms with Gasteiger partial charge in [-0.1, -0.05) is 86.9 Å². The van der Waals surface area contributed by atoms with Crippen LogP contribution in [0.1, 0.15) is 55.7 Å². The monoisotopic (exact) mass is 456 g/mol. The van der Waals surface area contributed by atoms with E-state index in [0.717, 1.165) is 23.6 Å². The lowest BCUT2D eigenvalue weighted by atomic mass is 10.00. The highest BCUT2D eigenvalue weighted by molar-refractivity contribution is 5.84. The van der Waals surface area contributed by atoms with Crippen LogP contribution in [0.5, 0.6) is 0 Å². The van der Waals surface area contributed by atoms with E-state index in [4.69, 9.17) is 0 Å². The van der Waals surface area contributed by atoms with Gasteiger partial charge in [-0.15, -0.1) is 0 Å². The summed E-state index contributed by atoms with van der Waals surface area (Å²) >= 11 is 0. The molecule has 4 aromatic carbocycles. The summed E-state index contributed by atoms with van der Waals surface area (Å²) in [6.07, 6.45) is 7.38. The van der Waals surface area contributed by atoms with E-state index in [0.29, 0.717) is 10.9 Å². The summed E-state index contributed by atoms with van der Waals surface area (Å²) in [5, 5.41) is 0.745. The number of hydrogen-bond donors (Lipinski definition) is 0. The van der Waals surface area contributed by atoms with Crippen LogP contribution in [0.15, 0.2) is 72.8 Å². The van der Waals surface area contributed by atoms with Crippen molar-refractivity contribution < 1.29 is 13.2 Å². The molecular formula is C31H27F3. The van der Waals surface area contributed by atoms with Gasteiger partial charge >= 0.3 is 0 Å². The lowest BCUT2D eigenvalue weighted by molar-refractivity contribution is 0.517. The second-order valence-corrected chi connectivity index (χ2v) is 8.60. The molecule has 0 amide bonds. The molecule has 4 rings (SSSR count). The summed E-state index contributed by atoms with van der Waals surface area (Å²) in [5.41, 5.74) is 3.98. The molecule has 4 aromatic rings. The predicted octanol–water partition coefficient (Wildman–Crippen LogP) is 8.84. The minimum atomic E-state index is -0.884. The normalized spacial score (nSPS) is 10.8. The number of rotatable bonds is 7. The number of benzene rings is 4. The zero-order chi connectivity index (χ0) is 23.9. The van der Waals surface area contributed by atoms with Crippen molar-refractivity contribution >= 4 is 10.8 Å². The molecule has 0 N–H and O–H groups in total. The van der Waals surface area contributed by atoms with E-state index in [9.17, 15) is 13.2 Å². The molecule has 0 unspecified atom stereocenters. The molecule has 0 aliphatic rings. The molecule has 0 saturated carbocycles. The molecule has 0 radical (unpaired) electrons. The Labute approximate surface area is 199 Å². The number of unbranched alkanes of at least 4 members (excludes halogenated alkanes) is 4. The topological polar surface area (TPSA) is 0 Å². The maximum atomic E-state index is 14.7. The van der Waals surface area contributed by atoms with Gasteiger partial charge in [-0.05, 0) is 65.3 Å². The highest BCUT2D eigenvalue weighted by atomic mass is 19.2. The van der Waals surface area contributed by atoms with Crippen molar-refractivity contribution in [3.8, 4) is 23.0 Å². The molecule has 0 atom stereocenters. The van der Waals surface area contributed by atoms with Crippen LogP contribution in [0.3, 0.4) is 0 Å². The summed E-state index contributed by atoms with van der Waals surface area (Å²) in [6, 6.07) is 20.7. The average molecular weight is 457 g/mol.